The van der Waals surface area contributed by atoms with Crippen LogP contribution in [0.2, 0.25) is 0 Å². The largest absolute Gasteiger partial charge is 0.332 e. The van der Waals surface area contributed by atoms with Crippen LogP contribution in [0.15, 0.2) is 18.5 Å². The molecular weight excluding hydrogens is 290 g/mol. The summed E-state index contributed by atoms with van der Waals surface area (Å²) in [5, 5.41) is 11.6. The van der Waals surface area contributed by atoms with E-state index in [4.69, 9.17) is 0 Å². The van der Waals surface area contributed by atoms with E-state index in [-0.39, 0.29) is 11.9 Å². The normalized spacial score (nSPS) is 18.3. The number of rotatable bonds is 5. The predicted molar refractivity (Wildman–Crippen MR) is 88.2 cm³/mol. The molecule has 0 bridgehead atoms. The van der Waals surface area contributed by atoms with Gasteiger partial charge >= 0.3 is 0 Å². The molecule has 1 fully saturated rings. The van der Waals surface area contributed by atoms with Crippen molar-refractivity contribution < 1.29 is 4.79 Å². The fourth-order valence-corrected chi connectivity index (χ4v) is 3.26. The third-order valence-electron chi connectivity index (χ3n) is 4.42. The highest BCUT2D eigenvalue weighted by Gasteiger charge is 2.29. The molecule has 1 amide bonds. The van der Waals surface area contributed by atoms with Gasteiger partial charge in [0.15, 0.2) is 0 Å². The molecule has 23 heavy (non-hydrogen) atoms. The van der Waals surface area contributed by atoms with Gasteiger partial charge in [-0.2, -0.15) is 10.2 Å². The summed E-state index contributed by atoms with van der Waals surface area (Å²) < 4.78 is 1.94. The Kier molecular flexibility index (Phi) is 4.79. The minimum Gasteiger partial charge on any atom is -0.332 e. The number of piperidine rings is 1. The zero-order valence-corrected chi connectivity index (χ0v) is 14.0. The van der Waals surface area contributed by atoms with Crippen LogP contribution in [0.3, 0.4) is 0 Å². The maximum absolute atomic E-state index is 12.8. The number of likely N-dealkylation sites (tertiary alicyclic amines) is 1. The van der Waals surface area contributed by atoms with Crippen LogP contribution < -0.4 is 0 Å². The SMILES string of the molecule is CCCc1cc(C(=O)N2CCCCC2Cn2cc(C)cn2)n[nH]1. The molecule has 1 atom stereocenters. The highest BCUT2D eigenvalue weighted by atomic mass is 16.2. The Morgan fingerprint density at radius 3 is 3.04 bits per heavy atom. The van der Waals surface area contributed by atoms with Crippen LogP contribution in [0, 0.1) is 6.92 Å². The molecule has 0 spiro atoms. The Hall–Kier alpha value is -2.11. The van der Waals surface area contributed by atoms with Crippen molar-refractivity contribution in [3.63, 3.8) is 0 Å². The van der Waals surface area contributed by atoms with E-state index in [0.717, 1.165) is 56.5 Å². The second kappa shape index (κ2) is 6.98. The molecule has 0 radical (unpaired) electrons. The van der Waals surface area contributed by atoms with Crippen LogP contribution >= 0.6 is 0 Å². The molecule has 2 aromatic rings. The van der Waals surface area contributed by atoms with E-state index in [9.17, 15) is 4.79 Å². The second-order valence-electron chi connectivity index (χ2n) is 6.42. The van der Waals surface area contributed by atoms with Gasteiger partial charge in [0.2, 0.25) is 0 Å². The van der Waals surface area contributed by atoms with Gasteiger partial charge in [-0.25, -0.2) is 0 Å². The van der Waals surface area contributed by atoms with Crippen molar-refractivity contribution in [3.8, 4) is 0 Å². The molecule has 3 heterocycles. The topological polar surface area (TPSA) is 66.8 Å². The fraction of sp³-hybridized carbons (Fsp3) is 0.588. The number of nitrogens with one attached hydrogen (secondary N) is 1. The van der Waals surface area contributed by atoms with Crippen molar-refractivity contribution in [1.29, 1.82) is 0 Å². The van der Waals surface area contributed by atoms with Gasteiger partial charge in [0.25, 0.3) is 5.91 Å². The van der Waals surface area contributed by atoms with E-state index < -0.39 is 0 Å². The average molecular weight is 315 g/mol. The summed E-state index contributed by atoms with van der Waals surface area (Å²) in [6, 6.07) is 2.09. The number of aryl methyl sites for hydroxylation is 2. The van der Waals surface area contributed by atoms with Crippen molar-refractivity contribution in [2.45, 2.75) is 58.5 Å². The molecule has 0 saturated carbocycles. The molecule has 6 heteroatoms. The first-order valence-electron chi connectivity index (χ1n) is 8.51. The van der Waals surface area contributed by atoms with E-state index in [1.165, 1.54) is 0 Å². The summed E-state index contributed by atoms with van der Waals surface area (Å²) in [6.07, 6.45) is 9.11. The molecule has 0 aromatic carbocycles. The standard InChI is InChI=1S/C17H25N5O/c1-3-6-14-9-16(20-19-14)17(23)22-8-5-4-7-15(22)12-21-11-13(2)10-18-21/h9-11,15H,3-8,12H2,1-2H3,(H,19,20). The second-order valence-corrected chi connectivity index (χ2v) is 6.42. The van der Waals surface area contributed by atoms with Gasteiger partial charge in [-0.15, -0.1) is 0 Å². The number of carbonyl (C=O) groups is 1. The molecule has 1 N–H and O–H groups in total. The number of hydrogen-bond donors (Lipinski definition) is 1. The number of amides is 1. The van der Waals surface area contributed by atoms with Gasteiger partial charge in [-0.1, -0.05) is 13.3 Å². The van der Waals surface area contributed by atoms with Crippen molar-refractivity contribution in [2.24, 2.45) is 0 Å². The van der Waals surface area contributed by atoms with Crippen molar-refractivity contribution in [2.75, 3.05) is 6.54 Å². The Morgan fingerprint density at radius 1 is 1.43 bits per heavy atom. The molecule has 6 nitrogen and oxygen atoms in total. The van der Waals surface area contributed by atoms with Crippen LogP contribution in [0.4, 0.5) is 0 Å². The minimum absolute atomic E-state index is 0.0391. The van der Waals surface area contributed by atoms with Gasteiger partial charge in [-0.05, 0) is 44.2 Å². The number of H-pyrrole nitrogens is 1. The lowest BCUT2D eigenvalue weighted by Crippen LogP contribution is -2.46. The monoisotopic (exact) mass is 315 g/mol. The lowest BCUT2D eigenvalue weighted by atomic mass is 10.0. The average Bonchev–Trinajstić information content (AvgIpc) is 3.17. The van der Waals surface area contributed by atoms with Crippen LogP contribution in [0.1, 0.15) is 54.4 Å². The number of aromatic amines is 1. The summed E-state index contributed by atoms with van der Waals surface area (Å²) in [5.41, 5.74) is 2.72. The maximum Gasteiger partial charge on any atom is 0.274 e. The van der Waals surface area contributed by atoms with Crippen LogP contribution in [-0.4, -0.2) is 43.4 Å². The third-order valence-corrected chi connectivity index (χ3v) is 4.42. The lowest BCUT2D eigenvalue weighted by molar-refractivity contribution is 0.0578. The van der Waals surface area contributed by atoms with E-state index >= 15 is 0 Å². The van der Waals surface area contributed by atoms with Crippen LogP contribution in [0.5, 0.6) is 0 Å². The first kappa shape index (κ1) is 15.8. The number of carbonyl (C=O) groups excluding carboxylic acids is 1. The molecule has 124 valence electrons. The lowest BCUT2D eigenvalue weighted by Gasteiger charge is -2.35. The van der Waals surface area contributed by atoms with E-state index in [1.54, 1.807) is 0 Å². The summed E-state index contributed by atoms with van der Waals surface area (Å²) in [7, 11) is 0. The van der Waals surface area contributed by atoms with Gasteiger partial charge in [0.1, 0.15) is 5.69 Å². The van der Waals surface area contributed by atoms with Gasteiger partial charge < -0.3 is 4.90 Å². The van der Waals surface area contributed by atoms with Gasteiger partial charge in [-0.3, -0.25) is 14.6 Å². The van der Waals surface area contributed by atoms with Crippen LogP contribution in [0.25, 0.3) is 0 Å². The fourth-order valence-electron chi connectivity index (χ4n) is 3.26. The highest BCUT2D eigenvalue weighted by Crippen LogP contribution is 2.21. The number of aromatic nitrogens is 4. The smallest absolute Gasteiger partial charge is 0.274 e. The zero-order valence-electron chi connectivity index (χ0n) is 14.0. The van der Waals surface area contributed by atoms with Crippen molar-refractivity contribution >= 4 is 5.91 Å². The molecule has 3 rings (SSSR count). The van der Waals surface area contributed by atoms with Crippen molar-refractivity contribution in [3.05, 3.63) is 35.4 Å². The first-order chi connectivity index (χ1) is 11.2. The van der Waals surface area contributed by atoms with Crippen molar-refractivity contribution in [1.82, 2.24) is 24.9 Å². The van der Waals surface area contributed by atoms with Crippen LogP contribution in [-0.2, 0) is 13.0 Å². The predicted octanol–water partition coefficient (Wildman–Crippen LogP) is 2.56. The Labute approximate surface area is 136 Å². The minimum atomic E-state index is 0.0391. The number of nitrogens with zero attached hydrogens (tertiary/aromatic N) is 4. The third kappa shape index (κ3) is 3.63. The molecule has 1 aliphatic heterocycles. The van der Waals surface area contributed by atoms with E-state index in [1.807, 2.05) is 35.0 Å². The molecule has 0 aliphatic carbocycles. The first-order valence-corrected chi connectivity index (χ1v) is 8.51. The summed E-state index contributed by atoms with van der Waals surface area (Å²) in [6.45, 7) is 5.72. The van der Waals surface area contributed by atoms with E-state index in [2.05, 4.69) is 22.2 Å². The molecule has 1 aliphatic rings. The molecular formula is C17H25N5O. The highest BCUT2D eigenvalue weighted by molar-refractivity contribution is 5.92. The number of hydrogen-bond acceptors (Lipinski definition) is 3. The summed E-state index contributed by atoms with van der Waals surface area (Å²) in [4.78, 5) is 14.8. The summed E-state index contributed by atoms with van der Waals surface area (Å²) in [5.74, 6) is 0.0391. The van der Waals surface area contributed by atoms with Gasteiger partial charge in [0.05, 0.1) is 18.8 Å². The maximum atomic E-state index is 12.8. The molecule has 1 saturated heterocycles. The Morgan fingerprint density at radius 2 is 2.30 bits per heavy atom. The van der Waals surface area contributed by atoms with E-state index in [0.29, 0.717) is 5.69 Å². The Balaban J connectivity index is 1.73. The van der Waals surface area contributed by atoms with Gasteiger partial charge in [0, 0.05) is 18.4 Å². The Bertz CT molecular complexity index is 659. The molecule has 2 aromatic heterocycles. The molecule has 1 unspecified atom stereocenters. The summed E-state index contributed by atoms with van der Waals surface area (Å²) >= 11 is 0. The quantitative estimate of drug-likeness (QED) is 0.922. The zero-order chi connectivity index (χ0) is 16.2.